The lowest BCUT2D eigenvalue weighted by Gasteiger charge is -2.31. The van der Waals surface area contributed by atoms with E-state index in [-0.39, 0.29) is 22.4 Å². The number of amides is 1. The van der Waals surface area contributed by atoms with Crippen molar-refractivity contribution in [1.29, 1.82) is 0 Å². The summed E-state index contributed by atoms with van der Waals surface area (Å²) < 4.78 is 40.1. The molecule has 1 aliphatic heterocycles. The minimum absolute atomic E-state index is 0.00354. The van der Waals surface area contributed by atoms with Crippen molar-refractivity contribution in [1.82, 2.24) is 10.6 Å². The quantitative estimate of drug-likeness (QED) is 0.675. The van der Waals surface area contributed by atoms with Crippen molar-refractivity contribution in [3.63, 3.8) is 0 Å². The largest absolute Gasteiger partial charge is 0.352 e. The Balaban J connectivity index is 1.58. The topological polar surface area (TPSA) is 87.3 Å². The van der Waals surface area contributed by atoms with Gasteiger partial charge in [0, 0.05) is 18.2 Å². The monoisotopic (exact) mass is 391 g/mol. The second-order valence-corrected chi connectivity index (χ2v) is 8.36. The molecule has 2 aromatic carbocycles. The third-order valence-electron chi connectivity index (χ3n) is 4.73. The van der Waals surface area contributed by atoms with Crippen molar-refractivity contribution in [3.05, 3.63) is 59.9 Å². The summed E-state index contributed by atoms with van der Waals surface area (Å²) in [5.74, 6) is -0.121. The third-order valence-corrected chi connectivity index (χ3v) is 6.13. The molecular formula is C19H22FN3O3S. The number of sulfonamides is 1. The van der Waals surface area contributed by atoms with Gasteiger partial charge in [-0.05, 0) is 61.0 Å². The van der Waals surface area contributed by atoms with Crippen LogP contribution in [0, 0.1) is 17.7 Å². The number of anilines is 1. The summed E-state index contributed by atoms with van der Waals surface area (Å²) in [4.78, 5) is 12.2. The Morgan fingerprint density at radius 3 is 2.33 bits per heavy atom. The number of carbonyl (C=O) groups excluding carboxylic acids is 1. The Labute approximate surface area is 158 Å². The predicted octanol–water partition coefficient (Wildman–Crippen LogP) is 2.10. The highest BCUT2D eigenvalue weighted by atomic mass is 32.2. The maximum atomic E-state index is 12.9. The Kier molecular flexibility index (Phi) is 5.76. The Morgan fingerprint density at radius 1 is 1.15 bits per heavy atom. The van der Waals surface area contributed by atoms with Crippen molar-refractivity contribution in [2.24, 2.45) is 11.8 Å². The van der Waals surface area contributed by atoms with Gasteiger partial charge in [0.15, 0.2) is 0 Å². The molecular weight excluding hydrogens is 369 g/mol. The van der Waals surface area contributed by atoms with Crippen molar-refractivity contribution >= 4 is 21.6 Å². The van der Waals surface area contributed by atoms with Crippen LogP contribution in [0.3, 0.4) is 0 Å². The van der Waals surface area contributed by atoms with E-state index in [1.54, 1.807) is 12.1 Å². The second-order valence-electron chi connectivity index (χ2n) is 6.68. The first kappa shape index (κ1) is 19.3. The van der Waals surface area contributed by atoms with E-state index in [1.165, 1.54) is 36.4 Å². The molecule has 2 aromatic rings. The molecule has 3 N–H and O–H groups in total. The van der Waals surface area contributed by atoms with E-state index in [4.69, 9.17) is 0 Å². The van der Waals surface area contributed by atoms with Gasteiger partial charge >= 0.3 is 0 Å². The first-order valence-electron chi connectivity index (χ1n) is 8.71. The predicted molar refractivity (Wildman–Crippen MR) is 101 cm³/mol. The summed E-state index contributed by atoms with van der Waals surface area (Å²) in [6.45, 7) is 3.98. The fraction of sp³-hybridized carbons (Fsp3) is 0.316. The molecule has 6 nitrogen and oxygen atoms in total. The fourth-order valence-corrected chi connectivity index (χ4v) is 3.81. The van der Waals surface area contributed by atoms with Gasteiger partial charge in [0.2, 0.25) is 5.91 Å². The van der Waals surface area contributed by atoms with Crippen molar-refractivity contribution in [3.8, 4) is 0 Å². The molecule has 1 unspecified atom stereocenters. The highest BCUT2D eigenvalue weighted by Crippen LogP contribution is 2.18. The SMILES string of the molecule is CC(C(=O)NCc1ccc(S(=O)(=O)Nc2ccc(F)cc2)cc1)C1CNC1. The minimum Gasteiger partial charge on any atom is -0.352 e. The van der Waals surface area contributed by atoms with Crippen molar-refractivity contribution in [2.75, 3.05) is 17.8 Å². The number of hydrogen-bond donors (Lipinski definition) is 3. The summed E-state index contributed by atoms with van der Waals surface area (Å²) in [6.07, 6.45) is 0. The molecule has 0 bridgehead atoms. The number of halogens is 1. The molecule has 0 spiro atoms. The lowest BCUT2D eigenvalue weighted by Crippen LogP contribution is -2.49. The van der Waals surface area contributed by atoms with E-state index in [9.17, 15) is 17.6 Å². The van der Waals surface area contributed by atoms with Gasteiger partial charge in [-0.3, -0.25) is 9.52 Å². The molecule has 1 saturated heterocycles. The van der Waals surface area contributed by atoms with Gasteiger partial charge in [0.25, 0.3) is 10.0 Å². The molecule has 27 heavy (non-hydrogen) atoms. The van der Waals surface area contributed by atoms with Crippen LogP contribution in [0.25, 0.3) is 0 Å². The normalized spacial score (nSPS) is 15.6. The standard InChI is InChI=1S/C19H22FN3O3S/c1-13(15-11-21-12-15)19(24)22-10-14-2-8-18(9-3-14)27(25,26)23-17-6-4-16(20)5-7-17/h2-9,13,15,21,23H,10-12H2,1H3,(H,22,24). The van der Waals surface area contributed by atoms with E-state index >= 15 is 0 Å². The lowest BCUT2D eigenvalue weighted by atomic mass is 9.88. The minimum atomic E-state index is -3.76. The van der Waals surface area contributed by atoms with Gasteiger partial charge in [0.1, 0.15) is 5.82 Å². The molecule has 1 amide bonds. The Bertz CT molecular complexity index is 895. The zero-order valence-electron chi connectivity index (χ0n) is 14.9. The smallest absolute Gasteiger partial charge is 0.261 e. The van der Waals surface area contributed by atoms with Gasteiger partial charge in [-0.25, -0.2) is 12.8 Å². The average Bonchev–Trinajstić information content (AvgIpc) is 2.60. The van der Waals surface area contributed by atoms with Crippen LogP contribution in [-0.2, 0) is 21.4 Å². The van der Waals surface area contributed by atoms with Gasteiger partial charge < -0.3 is 10.6 Å². The molecule has 1 atom stereocenters. The number of carbonyl (C=O) groups is 1. The molecule has 0 aliphatic carbocycles. The second kappa shape index (κ2) is 8.06. The van der Waals surface area contributed by atoms with Crippen LogP contribution in [-0.4, -0.2) is 27.4 Å². The number of benzene rings is 2. The van der Waals surface area contributed by atoms with Crippen LogP contribution in [0.1, 0.15) is 12.5 Å². The van der Waals surface area contributed by atoms with Gasteiger partial charge in [-0.15, -0.1) is 0 Å². The molecule has 8 heteroatoms. The number of nitrogens with one attached hydrogen (secondary N) is 3. The van der Waals surface area contributed by atoms with Crippen LogP contribution in [0.2, 0.25) is 0 Å². The van der Waals surface area contributed by atoms with Crippen LogP contribution in [0.15, 0.2) is 53.4 Å². The zero-order valence-corrected chi connectivity index (χ0v) is 15.7. The summed E-state index contributed by atoms with van der Waals surface area (Å²) in [6, 6.07) is 11.4. The van der Waals surface area contributed by atoms with E-state index in [0.717, 1.165) is 18.7 Å². The van der Waals surface area contributed by atoms with Crippen LogP contribution >= 0.6 is 0 Å². The van der Waals surface area contributed by atoms with Crippen LogP contribution in [0.4, 0.5) is 10.1 Å². The maximum absolute atomic E-state index is 12.9. The van der Waals surface area contributed by atoms with Crippen LogP contribution in [0.5, 0.6) is 0 Å². The molecule has 3 rings (SSSR count). The first-order chi connectivity index (χ1) is 12.8. The van der Waals surface area contributed by atoms with E-state index in [1.807, 2.05) is 6.92 Å². The molecule has 1 fully saturated rings. The number of hydrogen-bond acceptors (Lipinski definition) is 4. The summed E-state index contributed by atoms with van der Waals surface area (Å²) in [7, 11) is -3.76. The van der Waals surface area contributed by atoms with E-state index in [2.05, 4.69) is 15.4 Å². The molecule has 0 aromatic heterocycles. The first-order valence-corrected chi connectivity index (χ1v) is 10.2. The van der Waals surface area contributed by atoms with Crippen molar-refractivity contribution in [2.45, 2.75) is 18.4 Å². The van der Waals surface area contributed by atoms with E-state index in [0.29, 0.717) is 12.5 Å². The summed E-state index contributed by atoms with van der Waals surface area (Å²) in [5.41, 5.74) is 1.09. The Morgan fingerprint density at radius 2 is 1.78 bits per heavy atom. The van der Waals surface area contributed by atoms with Crippen molar-refractivity contribution < 1.29 is 17.6 Å². The summed E-state index contributed by atoms with van der Waals surface area (Å²) in [5, 5.41) is 6.03. The zero-order chi connectivity index (χ0) is 19.4. The average molecular weight is 391 g/mol. The lowest BCUT2D eigenvalue weighted by molar-refractivity contribution is -0.126. The molecule has 0 saturated carbocycles. The highest BCUT2D eigenvalue weighted by molar-refractivity contribution is 7.92. The molecule has 0 radical (unpaired) electrons. The van der Waals surface area contributed by atoms with E-state index < -0.39 is 15.8 Å². The van der Waals surface area contributed by atoms with Crippen LogP contribution < -0.4 is 15.4 Å². The number of rotatable bonds is 7. The molecule has 1 aliphatic rings. The van der Waals surface area contributed by atoms with Gasteiger partial charge in [-0.2, -0.15) is 0 Å². The molecule has 144 valence electrons. The molecule has 1 heterocycles. The maximum Gasteiger partial charge on any atom is 0.261 e. The third kappa shape index (κ3) is 4.84. The van der Waals surface area contributed by atoms with Gasteiger partial charge in [-0.1, -0.05) is 19.1 Å². The summed E-state index contributed by atoms with van der Waals surface area (Å²) >= 11 is 0. The fourth-order valence-electron chi connectivity index (χ4n) is 2.75. The highest BCUT2D eigenvalue weighted by Gasteiger charge is 2.28. The van der Waals surface area contributed by atoms with Gasteiger partial charge in [0.05, 0.1) is 4.90 Å². The Hall–Kier alpha value is -2.45.